The summed E-state index contributed by atoms with van der Waals surface area (Å²) in [6.45, 7) is 2.52. The summed E-state index contributed by atoms with van der Waals surface area (Å²) in [4.78, 5) is 43.6. The van der Waals surface area contributed by atoms with E-state index in [2.05, 4.69) is 10.3 Å². The molecule has 1 aliphatic rings. The number of likely N-dealkylation sites (tertiary alicyclic amines) is 1. The van der Waals surface area contributed by atoms with Crippen LogP contribution in [0.3, 0.4) is 0 Å². The van der Waals surface area contributed by atoms with Gasteiger partial charge in [0.15, 0.2) is 0 Å². The van der Waals surface area contributed by atoms with E-state index in [0.29, 0.717) is 30.4 Å². The van der Waals surface area contributed by atoms with Crippen LogP contribution in [0.4, 0.5) is 0 Å². The third-order valence-electron chi connectivity index (χ3n) is 5.08. The number of carbonyl (C=O) groups is 2. The Kier molecular flexibility index (Phi) is 6.72. The van der Waals surface area contributed by atoms with Crippen molar-refractivity contribution in [1.29, 1.82) is 0 Å². The van der Waals surface area contributed by atoms with Crippen LogP contribution in [0.1, 0.15) is 32.2 Å². The molecular weight excluding hydrogens is 376 g/mol. The lowest BCUT2D eigenvalue weighted by atomic mass is 10.0. The Hall–Kier alpha value is -2.35. The molecule has 0 saturated carbocycles. The van der Waals surface area contributed by atoms with E-state index in [1.54, 1.807) is 33.6 Å². The topological polar surface area (TPSA) is 84.3 Å². The smallest absolute Gasteiger partial charge is 0.261 e. The Bertz CT molecular complexity index is 914. The summed E-state index contributed by atoms with van der Waals surface area (Å²) in [6.07, 6.45) is 5.79. The maximum Gasteiger partial charge on any atom is 0.261 e. The summed E-state index contributed by atoms with van der Waals surface area (Å²) in [5.41, 5.74) is 0.598. The summed E-state index contributed by atoms with van der Waals surface area (Å²) in [5, 5.41) is 3.37. The van der Waals surface area contributed by atoms with E-state index in [0.717, 1.165) is 18.6 Å². The summed E-state index contributed by atoms with van der Waals surface area (Å²) in [5.74, 6) is 0.515. The monoisotopic (exact) mass is 402 g/mol. The lowest BCUT2D eigenvalue weighted by Crippen LogP contribution is -2.52. The molecular formula is C20H26N4O3S. The Balaban J connectivity index is 1.79. The van der Waals surface area contributed by atoms with Crippen LogP contribution in [0.15, 0.2) is 35.4 Å². The second-order valence-electron chi connectivity index (χ2n) is 7.09. The highest BCUT2D eigenvalue weighted by atomic mass is 32.2. The zero-order valence-corrected chi connectivity index (χ0v) is 17.1. The van der Waals surface area contributed by atoms with Crippen LogP contribution >= 0.6 is 11.8 Å². The van der Waals surface area contributed by atoms with Crippen LogP contribution in [0.25, 0.3) is 10.9 Å². The molecule has 8 heteroatoms. The van der Waals surface area contributed by atoms with Crippen LogP contribution in [0, 0.1) is 0 Å². The standard InChI is InChI=1S/C20H26N4O3S/c1-14(25)22-18(9-11-28-2)20(27)23-10-5-6-15(12-23)24-13-21-17-8-4-3-7-16(17)19(24)26/h3-4,7-8,13,15,18H,5-6,9-12H2,1-2H3,(H,22,25)/t15-,18+/m0/s1. The maximum atomic E-state index is 13.0. The van der Waals surface area contributed by atoms with Crippen LogP contribution in [0.5, 0.6) is 0 Å². The van der Waals surface area contributed by atoms with E-state index in [-0.39, 0.29) is 23.4 Å². The molecule has 2 amide bonds. The molecule has 2 heterocycles. The van der Waals surface area contributed by atoms with Crippen molar-refractivity contribution >= 4 is 34.5 Å². The van der Waals surface area contributed by atoms with Gasteiger partial charge in [0, 0.05) is 20.0 Å². The molecule has 0 radical (unpaired) electrons. The van der Waals surface area contributed by atoms with Crippen molar-refractivity contribution in [2.75, 3.05) is 25.1 Å². The molecule has 7 nitrogen and oxygen atoms in total. The number of hydrogen-bond donors (Lipinski definition) is 1. The van der Waals surface area contributed by atoms with E-state index < -0.39 is 6.04 Å². The molecule has 1 aromatic carbocycles. The quantitative estimate of drug-likeness (QED) is 0.797. The van der Waals surface area contributed by atoms with E-state index >= 15 is 0 Å². The number of nitrogens with zero attached hydrogens (tertiary/aromatic N) is 3. The minimum Gasteiger partial charge on any atom is -0.345 e. The second kappa shape index (κ2) is 9.23. The average Bonchev–Trinajstić information content (AvgIpc) is 2.71. The number of piperidine rings is 1. The Morgan fingerprint density at radius 3 is 2.89 bits per heavy atom. The van der Waals surface area contributed by atoms with Crippen LogP contribution in [-0.2, 0) is 9.59 Å². The first-order chi connectivity index (χ1) is 13.5. The fourth-order valence-electron chi connectivity index (χ4n) is 3.68. The molecule has 0 unspecified atom stereocenters. The van der Waals surface area contributed by atoms with Crippen molar-refractivity contribution in [3.63, 3.8) is 0 Å². The van der Waals surface area contributed by atoms with Gasteiger partial charge in [0.2, 0.25) is 11.8 Å². The fraction of sp³-hybridized carbons (Fsp3) is 0.500. The van der Waals surface area contributed by atoms with Gasteiger partial charge in [-0.05, 0) is 43.4 Å². The van der Waals surface area contributed by atoms with Gasteiger partial charge in [0.05, 0.1) is 23.3 Å². The molecule has 1 aliphatic heterocycles. The van der Waals surface area contributed by atoms with Gasteiger partial charge < -0.3 is 10.2 Å². The molecule has 1 aromatic heterocycles. The summed E-state index contributed by atoms with van der Waals surface area (Å²) in [7, 11) is 0. The second-order valence-corrected chi connectivity index (χ2v) is 8.07. The number of benzene rings is 1. The first-order valence-electron chi connectivity index (χ1n) is 9.52. The van der Waals surface area contributed by atoms with Crippen molar-refractivity contribution in [3.8, 4) is 0 Å². The first-order valence-corrected chi connectivity index (χ1v) is 10.9. The molecule has 28 heavy (non-hydrogen) atoms. The number of hydrogen-bond acceptors (Lipinski definition) is 5. The van der Waals surface area contributed by atoms with Gasteiger partial charge in [-0.1, -0.05) is 12.1 Å². The number of thioether (sulfide) groups is 1. The van der Waals surface area contributed by atoms with Gasteiger partial charge in [-0.15, -0.1) is 0 Å². The molecule has 2 atom stereocenters. The van der Waals surface area contributed by atoms with Gasteiger partial charge in [-0.2, -0.15) is 11.8 Å². The average molecular weight is 403 g/mol. The van der Waals surface area contributed by atoms with Gasteiger partial charge in [0.1, 0.15) is 6.04 Å². The Morgan fingerprint density at radius 1 is 1.36 bits per heavy atom. The number of rotatable bonds is 6. The molecule has 0 spiro atoms. The summed E-state index contributed by atoms with van der Waals surface area (Å²) < 4.78 is 1.65. The van der Waals surface area contributed by atoms with Crippen molar-refractivity contribution in [1.82, 2.24) is 19.8 Å². The van der Waals surface area contributed by atoms with Crippen LogP contribution in [-0.4, -0.2) is 57.4 Å². The fourth-order valence-corrected chi connectivity index (χ4v) is 4.16. The van der Waals surface area contributed by atoms with Gasteiger partial charge in [0.25, 0.3) is 5.56 Å². The van der Waals surface area contributed by atoms with E-state index in [9.17, 15) is 14.4 Å². The zero-order chi connectivity index (χ0) is 20.1. The highest BCUT2D eigenvalue weighted by Gasteiger charge is 2.30. The predicted octanol–water partition coefficient (Wildman–Crippen LogP) is 1.82. The Labute approximate surface area is 168 Å². The molecule has 150 valence electrons. The van der Waals surface area contributed by atoms with E-state index in [1.807, 2.05) is 24.5 Å². The summed E-state index contributed by atoms with van der Waals surface area (Å²) >= 11 is 1.65. The molecule has 3 rings (SSSR count). The molecule has 2 aromatic rings. The van der Waals surface area contributed by atoms with Crippen molar-refractivity contribution < 1.29 is 9.59 Å². The van der Waals surface area contributed by atoms with Gasteiger partial charge in [-0.3, -0.25) is 19.0 Å². The SMILES string of the molecule is CSCC[C@@H](NC(C)=O)C(=O)N1CCC[C@H](n2cnc3ccccc3c2=O)C1. The summed E-state index contributed by atoms with van der Waals surface area (Å²) in [6, 6.07) is 6.66. The van der Waals surface area contributed by atoms with Gasteiger partial charge in [-0.25, -0.2) is 4.98 Å². The van der Waals surface area contributed by atoms with E-state index in [1.165, 1.54) is 6.92 Å². The lowest BCUT2D eigenvalue weighted by molar-refractivity contribution is -0.137. The van der Waals surface area contributed by atoms with Crippen molar-refractivity contribution in [3.05, 3.63) is 40.9 Å². The third kappa shape index (κ3) is 4.55. The number of para-hydroxylation sites is 1. The predicted molar refractivity (Wildman–Crippen MR) is 111 cm³/mol. The number of carbonyl (C=O) groups excluding carboxylic acids is 2. The van der Waals surface area contributed by atoms with E-state index in [4.69, 9.17) is 0 Å². The lowest BCUT2D eigenvalue weighted by Gasteiger charge is -2.35. The zero-order valence-electron chi connectivity index (χ0n) is 16.3. The third-order valence-corrected chi connectivity index (χ3v) is 5.72. The number of aromatic nitrogens is 2. The molecule has 1 fully saturated rings. The largest absolute Gasteiger partial charge is 0.345 e. The number of amides is 2. The molecule has 1 N–H and O–H groups in total. The van der Waals surface area contributed by atoms with Crippen LogP contribution < -0.4 is 10.9 Å². The maximum absolute atomic E-state index is 13.0. The molecule has 0 aliphatic carbocycles. The Morgan fingerprint density at radius 2 is 2.14 bits per heavy atom. The van der Waals surface area contributed by atoms with Crippen molar-refractivity contribution in [2.45, 2.75) is 38.3 Å². The highest BCUT2D eigenvalue weighted by molar-refractivity contribution is 7.98. The molecule has 0 bridgehead atoms. The van der Waals surface area contributed by atoms with Crippen molar-refractivity contribution in [2.24, 2.45) is 0 Å². The highest BCUT2D eigenvalue weighted by Crippen LogP contribution is 2.22. The van der Waals surface area contributed by atoms with Crippen LogP contribution in [0.2, 0.25) is 0 Å². The minimum atomic E-state index is -0.518. The molecule has 1 saturated heterocycles. The van der Waals surface area contributed by atoms with Gasteiger partial charge >= 0.3 is 0 Å². The minimum absolute atomic E-state index is 0.0734. The number of nitrogens with one attached hydrogen (secondary N) is 1. The normalized spacial score (nSPS) is 18.1. The first kappa shape index (κ1) is 20.4. The number of fused-ring (bicyclic) bond motifs is 1.